The van der Waals surface area contributed by atoms with Crippen molar-refractivity contribution in [2.75, 3.05) is 19.7 Å². The molecule has 2 aliphatic rings. The molecule has 1 spiro atoms. The Balaban J connectivity index is 1.92. The zero-order valence-electron chi connectivity index (χ0n) is 17.7. The molecule has 2 aliphatic heterocycles. The maximum absolute atomic E-state index is 13.6. The van der Waals surface area contributed by atoms with Crippen LogP contribution in [-0.4, -0.2) is 65.0 Å². The smallest absolute Gasteiger partial charge is 0.257 e. The highest BCUT2D eigenvalue weighted by Gasteiger charge is 2.54. The van der Waals surface area contributed by atoms with E-state index < -0.39 is 11.8 Å². The Labute approximate surface area is 172 Å². The number of aryl methyl sites for hydroxylation is 1. The molecule has 1 atom stereocenters. The molecule has 7 heteroatoms. The molecule has 2 heterocycles. The van der Waals surface area contributed by atoms with Gasteiger partial charge in [-0.2, -0.15) is 0 Å². The molecular formula is C22H31N3O4. The van der Waals surface area contributed by atoms with Gasteiger partial charge in [0.15, 0.2) is 0 Å². The molecule has 0 saturated carbocycles. The maximum atomic E-state index is 13.6. The van der Waals surface area contributed by atoms with Crippen LogP contribution in [-0.2, 0) is 14.3 Å². The maximum Gasteiger partial charge on any atom is 0.257 e. The predicted octanol–water partition coefficient (Wildman–Crippen LogP) is 2.09. The number of hydrogen-bond donors (Lipinski definition) is 1. The van der Waals surface area contributed by atoms with E-state index in [4.69, 9.17) is 4.74 Å². The Bertz CT molecular complexity index is 784. The number of ether oxygens (including phenoxy) is 1. The van der Waals surface area contributed by atoms with Crippen molar-refractivity contribution in [2.45, 2.75) is 64.8 Å². The van der Waals surface area contributed by atoms with E-state index in [1.54, 1.807) is 11.0 Å². The standard InChI is InChI=1S/C22H31N3O4/c1-5-19(26)24-12-10-22(11-13-24)25(18(14-29-22)20(27)23-15(2)3)21(28)17-9-7-6-8-16(17)4/h6-9,15,18H,5,10-14H2,1-4H3,(H,23,27)/t18-/m0/s1. The van der Waals surface area contributed by atoms with E-state index in [0.717, 1.165) is 5.56 Å². The summed E-state index contributed by atoms with van der Waals surface area (Å²) in [7, 11) is 0. The van der Waals surface area contributed by atoms with Gasteiger partial charge in [0.1, 0.15) is 11.8 Å². The lowest BCUT2D eigenvalue weighted by molar-refractivity contribution is -0.143. The fourth-order valence-electron chi connectivity index (χ4n) is 4.22. The third-order valence-corrected chi connectivity index (χ3v) is 5.79. The summed E-state index contributed by atoms with van der Waals surface area (Å²) in [5.41, 5.74) is 0.580. The van der Waals surface area contributed by atoms with Crippen LogP contribution in [0.25, 0.3) is 0 Å². The van der Waals surface area contributed by atoms with E-state index >= 15 is 0 Å². The van der Waals surface area contributed by atoms with Gasteiger partial charge in [0, 0.05) is 44.0 Å². The molecule has 0 bridgehead atoms. The topological polar surface area (TPSA) is 79.0 Å². The number of carbonyl (C=O) groups is 3. The largest absolute Gasteiger partial charge is 0.353 e. The molecule has 3 rings (SSSR count). The second-order valence-electron chi connectivity index (χ2n) is 8.16. The van der Waals surface area contributed by atoms with Crippen LogP contribution >= 0.6 is 0 Å². The zero-order valence-corrected chi connectivity index (χ0v) is 17.7. The first-order valence-electron chi connectivity index (χ1n) is 10.4. The van der Waals surface area contributed by atoms with Crippen LogP contribution < -0.4 is 5.32 Å². The van der Waals surface area contributed by atoms with Gasteiger partial charge in [-0.15, -0.1) is 0 Å². The summed E-state index contributed by atoms with van der Waals surface area (Å²) in [6.45, 7) is 8.72. The number of likely N-dealkylation sites (tertiary alicyclic amines) is 1. The number of piperidine rings is 1. The minimum Gasteiger partial charge on any atom is -0.353 e. The second kappa shape index (κ2) is 8.53. The summed E-state index contributed by atoms with van der Waals surface area (Å²) >= 11 is 0. The van der Waals surface area contributed by atoms with Crippen molar-refractivity contribution in [3.8, 4) is 0 Å². The molecule has 2 fully saturated rings. The highest BCUT2D eigenvalue weighted by Crippen LogP contribution is 2.39. The van der Waals surface area contributed by atoms with Gasteiger partial charge < -0.3 is 15.0 Å². The molecule has 158 valence electrons. The summed E-state index contributed by atoms with van der Waals surface area (Å²) in [5.74, 6) is -0.297. The molecule has 29 heavy (non-hydrogen) atoms. The average molecular weight is 402 g/mol. The number of amides is 3. The van der Waals surface area contributed by atoms with Gasteiger partial charge in [0.2, 0.25) is 11.8 Å². The Kier molecular flexibility index (Phi) is 6.27. The summed E-state index contributed by atoms with van der Waals surface area (Å²) in [4.78, 5) is 42.0. The molecule has 1 aromatic rings. The van der Waals surface area contributed by atoms with Gasteiger partial charge in [-0.05, 0) is 32.4 Å². The van der Waals surface area contributed by atoms with Gasteiger partial charge in [-0.1, -0.05) is 25.1 Å². The Morgan fingerprint density at radius 1 is 1.21 bits per heavy atom. The predicted molar refractivity (Wildman–Crippen MR) is 109 cm³/mol. The molecular weight excluding hydrogens is 370 g/mol. The minimum absolute atomic E-state index is 0.0292. The molecule has 0 aromatic heterocycles. The fourth-order valence-corrected chi connectivity index (χ4v) is 4.22. The van der Waals surface area contributed by atoms with E-state index in [1.807, 2.05) is 50.8 Å². The van der Waals surface area contributed by atoms with E-state index in [-0.39, 0.29) is 30.4 Å². The fraction of sp³-hybridized carbons (Fsp3) is 0.591. The number of hydrogen-bond acceptors (Lipinski definition) is 4. The van der Waals surface area contributed by atoms with E-state index in [0.29, 0.717) is 37.9 Å². The lowest BCUT2D eigenvalue weighted by Gasteiger charge is -2.44. The highest BCUT2D eigenvalue weighted by atomic mass is 16.5. The van der Waals surface area contributed by atoms with Gasteiger partial charge in [-0.25, -0.2) is 0 Å². The van der Waals surface area contributed by atoms with Crippen molar-refractivity contribution in [1.82, 2.24) is 15.1 Å². The molecule has 1 aromatic carbocycles. The Morgan fingerprint density at radius 3 is 2.45 bits per heavy atom. The molecule has 7 nitrogen and oxygen atoms in total. The molecule has 2 saturated heterocycles. The third kappa shape index (κ3) is 4.15. The van der Waals surface area contributed by atoms with Crippen molar-refractivity contribution in [1.29, 1.82) is 0 Å². The van der Waals surface area contributed by atoms with Crippen LogP contribution in [0.2, 0.25) is 0 Å². The second-order valence-corrected chi connectivity index (χ2v) is 8.16. The molecule has 0 unspecified atom stereocenters. The molecule has 0 aliphatic carbocycles. The molecule has 0 radical (unpaired) electrons. The quantitative estimate of drug-likeness (QED) is 0.838. The Hall–Kier alpha value is -2.41. The first-order valence-corrected chi connectivity index (χ1v) is 10.4. The van der Waals surface area contributed by atoms with Crippen molar-refractivity contribution < 1.29 is 19.1 Å². The van der Waals surface area contributed by atoms with Crippen LogP contribution in [0, 0.1) is 6.92 Å². The number of rotatable bonds is 4. The summed E-state index contributed by atoms with van der Waals surface area (Å²) in [6, 6.07) is 6.69. The minimum atomic E-state index is -0.858. The normalized spacial score (nSPS) is 20.9. The van der Waals surface area contributed by atoms with Crippen LogP contribution in [0.4, 0.5) is 0 Å². The monoisotopic (exact) mass is 401 g/mol. The summed E-state index contributed by atoms with van der Waals surface area (Å²) in [6.07, 6.45) is 1.46. The van der Waals surface area contributed by atoms with Gasteiger partial charge in [-0.3, -0.25) is 19.3 Å². The lowest BCUT2D eigenvalue weighted by Crippen LogP contribution is -2.60. The zero-order chi connectivity index (χ0) is 21.2. The average Bonchev–Trinajstić information content (AvgIpc) is 3.06. The van der Waals surface area contributed by atoms with Crippen molar-refractivity contribution >= 4 is 17.7 Å². The van der Waals surface area contributed by atoms with Gasteiger partial charge in [0.25, 0.3) is 5.91 Å². The number of nitrogens with one attached hydrogen (secondary N) is 1. The van der Waals surface area contributed by atoms with Crippen molar-refractivity contribution in [3.63, 3.8) is 0 Å². The van der Waals surface area contributed by atoms with Gasteiger partial charge >= 0.3 is 0 Å². The SMILES string of the molecule is CCC(=O)N1CCC2(CC1)OC[C@@H](C(=O)NC(C)C)N2C(=O)c1ccccc1C. The Morgan fingerprint density at radius 2 is 1.86 bits per heavy atom. The van der Waals surface area contributed by atoms with E-state index in [1.165, 1.54) is 0 Å². The number of nitrogens with zero attached hydrogens (tertiary/aromatic N) is 2. The van der Waals surface area contributed by atoms with Crippen LogP contribution in [0.1, 0.15) is 56.0 Å². The molecule has 3 amide bonds. The van der Waals surface area contributed by atoms with Crippen LogP contribution in [0.15, 0.2) is 24.3 Å². The van der Waals surface area contributed by atoms with E-state index in [2.05, 4.69) is 5.32 Å². The summed E-state index contributed by atoms with van der Waals surface area (Å²) in [5, 5.41) is 2.92. The highest BCUT2D eigenvalue weighted by molar-refractivity contribution is 5.99. The molecule has 1 N–H and O–H groups in total. The lowest BCUT2D eigenvalue weighted by atomic mass is 9.95. The number of benzene rings is 1. The third-order valence-electron chi connectivity index (χ3n) is 5.79. The number of carbonyl (C=O) groups excluding carboxylic acids is 3. The van der Waals surface area contributed by atoms with Crippen LogP contribution in [0.5, 0.6) is 0 Å². The van der Waals surface area contributed by atoms with Crippen molar-refractivity contribution in [3.05, 3.63) is 35.4 Å². The van der Waals surface area contributed by atoms with Crippen LogP contribution in [0.3, 0.4) is 0 Å². The van der Waals surface area contributed by atoms with Crippen molar-refractivity contribution in [2.24, 2.45) is 0 Å². The summed E-state index contributed by atoms with van der Waals surface area (Å²) < 4.78 is 6.16. The first-order chi connectivity index (χ1) is 13.8. The van der Waals surface area contributed by atoms with E-state index in [9.17, 15) is 14.4 Å². The first kappa shape index (κ1) is 21.3. The van der Waals surface area contributed by atoms with Gasteiger partial charge in [0.05, 0.1) is 6.61 Å².